The lowest BCUT2D eigenvalue weighted by molar-refractivity contribution is -0.134. The number of phenols is 1. The van der Waals surface area contributed by atoms with E-state index in [1.807, 2.05) is 41.6 Å². The van der Waals surface area contributed by atoms with Crippen LogP contribution in [0.5, 0.6) is 5.75 Å². The molecule has 1 N–H and O–H groups in total. The van der Waals surface area contributed by atoms with Crippen LogP contribution in [0.4, 0.5) is 5.69 Å². The summed E-state index contributed by atoms with van der Waals surface area (Å²) in [6.45, 7) is 7.14. The number of carbonyl (C=O) groups excluding carboxylic acids is 1. The smallest absolute Gasteiger partial charge is 0.247 e. The van der Waals surface area contributed by atoms with Crippen LogP contribution < -0.4 is 4.90 Å². The molecule has 2 aromatic heterocycles. The van der Waals surface area contributed by atoms with Crippen LogP contribution in [-0.4, -0.2) is 66.9 Å². The normalized spacial score (nSPS) is 15.5. The number of aryl methyl sites for hydroxylation is 1. The third-order valence-corrected chi connectivity index (χ3v) is 5.36. The maximum Gasteiger partial charge on any atom is 0.247 e. The minimum atomic E-state index is -0.439. The second-order valence-electron chi connectivity index (χ2n) is 7.09. The Morgan fingerprint density at radius 3 is 2.66 bits per heavy atom. The predicted molar refractivity (Wildman–Crippen MR) is 109 cm³/mol. The maximum atomic E-state index is 13.0. The predicted octanol–water partition coefficient (Wildman–Crippen LogP) is 1.78. The first-order valence-electron chi connectivity index (χ1n) is 9.84. The summed E-state index contributed by atoms with van der Waals surface area (Å²) in [6.07, 6.45) is 3.53. The van der Waals surface area contributed by atoms with Crippen molar-refractivity contribution in [1.82, 2.24) is 29.7 Å². The minimum Gasteiger partial charge on any atom is -0.506 e. The van der Waals surface area contributed by atoms with Gasteiger partial charge in [-0.3, -0.25) is 9.48 Å². The molecule has 152 valence electrons. The SMILES string of the molecule is CCn1nccc1-c1cn(C(C)C(=O)N2CCN(c3ccccc3O)CC2)nn1. The van der Waals surface area contributed by atoms with Crippen LogP contribution in [0, 0.1) is 0 Å². The van der Waals surface area contributed by atoms with Gasteiger partial charge in [0, 0.05) is 38.9 Å². The van der Waals surface area contributed by atoms with Crippen LogP contribution in [0.1, 0.15) is 19.9 Å². The number of benzene rings is 1. The number of piperazine rings is 1. The van der Waals surface area contributed by atoms with Crippen LogP contribution in [-0.2, 0) is 11.3 Å². The van der Waals surface area contributed by atoms with Gasteiger partial charge in [-0.15, -0.1) is 5.10 Å². The molecule has 9 nitrogen and oxygen atoms in total. The van der Waals surface area contributed by atoms with Crippen molar-refractivity contribution in [2.45, 2.75) is 26.4 Å². The summed E-state index contributed by atoms with van der Waals surface area (Å²) in [4.78, 5) is 16.9. The molecule has 0 bridgehead atoms. The van der Waals surface area contributed by atoms with Gasteiger partial charge in [0.2, 0.25) is 5.91 Å². The molecule has 1 saturated heterocycles. The summed E-state index contributed by atoms with van der Waals surface area (Å²) < 4.78 is 3.46. The van der Waals surface area contributed by atoms with Gasteiger partial charge in [-0.2, -0.15) is 5.10 Å². The molecule has 3 heterocycles. The number of aromatic hydroxyl groups is 1. The minimum absolute atomic E-state index is 0.0161. The number of amides is 1. The molecule has 9 heteroatoms. The van der Waals surface area contributed by atoms with E-state index in [-0.39, 0.29) is 11.7 Å². The molecular formula is C20H25N7O2. The Hall–Kier alpha value is -3.36. The zero-order valence-corrected chi connectivity index (χ0v) is 16.6. The highest BCUT2D eigenvalue weighted by molar-refractivity contribution is 5.80. The number of hydrogen-bond donors (Lipinski definition) is 1. The van der Waals surface area contributed by atoms with Crippen molar-refractivity contribution >= 4 is 11.6 Å². The van der Waals surface area contributed by atoms with Gasteiger partial charge in [-0.25, -0.2) is 4.68 Å². The zero-order valence-electron chi connectivity index (χ0n) is 16.6. The van der Waals surface area contributed by atoms with E-state index in [2.05, 4.69) is 20.3 Å². The number of carbonyl (C=O) groups is 1. The van der Waals surface area contributed by atoms with Gasteiger partial charge in [-0.1, -0.05) is 17.3 Å². The molecule has 29 heavy (non-hydrogen) atoms. The van der Waals surface area contributed by atoms with Crippen molar-refractivity contribution in [1.29, 1.82) is 0 Å². The molecule has 0 spiro atoms. The van der Waals surface area contributed by atoms with Crippen molar-refractivity contribution < 1.29 is 9.90 Å². The zero-order chi connectivity index (χ0) is 20.4. The van der Waals surface area contributed by atoms with E-state index in [9.17, 15) is 9.90 Å². The molecule has 1 atom stereocenters. The topological polar surface area (TPSA) is 92.3 Å². The molecule has 1 fully saturated rings. The molecule has 3 aromatic rings. The van der Waals surface area contributed by atoms with Crippen molar-refractivity contribution in [3.63, 3.8) is 0 Å². The van der Waals surface area contributed by atoms with E-state index < -0.39 is 6.04 Å². The first-order valence-corrected chi connectivity index (χ1v) is 9.84. The molecule has 0 aliphatic carbocycles. The van der Waals surface area contributed by atoms with Gasteiger partial charge in [0.05, 0.1) is 17.6 Å². The van der Waals surface area contributed by atoms with Crippen LogP contribution >= 0.6 is 0 Å². The van der Waals surface area contributed by atoms with Gasteiger partial charge in [0.1, 0.15) is 17.5 Å². The van der Waals surface area contributed by atoms with Crippen LogP contribution in [0.15, 0.2) is 42.7 Å². The monoisotopic (exact) mass is 395 g/mol. The number of rotatable bonds is 5. The van der Waals surface area contributed by atoms with Crippen molar-refractivity contribution in [2.75, 3.05) is 31.1 Å². The molecule has 4 rings (SSSR count). The fraction of sp³-hybridized carbons (Fsp3) is 0.400. The van der Waals surface area contributed by atoms with Gasteiger partial charge in [-0.05, 0) is 32.0 Å². The van der Waals surface area contributed by atoms with E-state index in [0.29, 0.717) is 31.9 Å². The molecular weight excluding hydrogens is 370 g/mol. The Bertz CT molecular complexity index is 988. The first-order chi connectivity index (χ1) is 14.1. The van der Waals surface area contributed by atoms with E-state index in [0.717, 1.165) is 17.9 Å². The first kappa shape index (κ1) is 19.0. The van der Waals surface area contributed by atoms with E-state index in [1.165, 1.54) is 0 Å². The summed E-state index contributed by atoms with van der Waals surface area (Å²) in [7, 11) is 0. The number of phenolic OH excluding ortho intramolecular Hbond substituents is 1. The van der Waals surface area contributed by atoms with Crippen molar-refractivity contribution in [2.24, 2.45) is 0 Å². The van der Waals surface area contributed by atoms with Crippen LogP contribution in [0.2, 0.25) is 0 Å². The van der Waals surface area contributed by atoms with Crippen molar-refractivity contribution in [3.8, 4) is 17.1 Å². The van der Waals surface area contributed by atoms with Crippen LogP contribution in [0.3, 0.4) is 0 Å². The van der Waals surface area contributed by atoms with Crippen LogP contribution in [0.25, 0.3) is 11.4 Å². The highest BCUT2D eigenvalue weighted by Crippen LogP contribution is 2.27. The summed E-state index contributed by atoms with van der Waals surface area (Å²) in [5.74, 6) is 0.282. The Kier molecular flexibility index (Phi) is 5.20. The summed E-state index contributed by atoms with van der Waals surface area (Å²) in [5, 5.41) is 22.7. The number of aromatic nitrogens is 5. The molecule has 1 aromatic carbocycles. The average molecular weight is 395 g/mol. The molecule has 1 unspecified atom stereocenters. The Balaban J connectivity index is 1.41. The Labute approximate surface area is 169 Å². The summed E-state index contributed by atoms with van der Waals surface area (Å²) >= 11 is 0. The Morgan fingerprint density at radius 1 is 1.17 bits per heavy atom. The van der Waals surface area contributed by atoms with Gasteiger partial charge >= 0.3 is 0 Å². The molecule has 1 aliphatic heterocycles. The summed E-state index contributed by atoms with van der Waals surface area (Å²) in [6, 6.07) is 8.74. The standard InChI is InChI=1S/C20H25N7O2/c1-3-26-17(8-9-21-26)16-14-27(23-22-16)15(2)20(29)25-12-10-24(11-13-25)18-6-4-5-7-19(18)28/h4-9,14-15,28H,3,10-13H2,1-2H3. The fourth-order valence-corrected chi connectivity index (χ4v) is 3.66. The Morgan fingerprint density at radius 2 is 1.93 bits per heavy atom. The second kappa shape index (κ2) is 7.94. The van der Waals surface area contributed by atoms with Gasteiger partial charge < -0.3 is 14.9 Å². The van der Waals surface area contributed by atoms with E-state index >= 15 is 0 Å². The second-order valence-corrected chi connectivity index (χ2v) is 7.09. The molecule has 1 amide bonds. The molecule has 0 radical (unpaired) electrons. The van der Waals surface area contributed by atoms with Gasteiger partial charge in [0.15, 0.2) is 0 Å². The largest absolute Gasteiger partial charge is 0.506 e. The lowest BCUT2D eigenvalue weighted by Gasteiger charge is -2.37. The quantitative estimate of drug-likeness (QED) is 0.708. The average Bonchev–Trinajstić information content (AvgIpc) is 3.42. The lowest BCUT2D eigenvalue weighted by atomic mass is 10.2. The van der Waals surface area contributed by atoms with E-state index in [1.54, 1.807) is 29.2 Å². The van der Waals surface area contributed by atoms with Crippen molar-refractivity contribution in [3.05, 3.63) is 42.7 Å². The summed E-state index contributed by atoms with van der Waals surface area (Å²) in [5.41, 5.74) is 2.39. The van der Waals surface area contributed by atoms with E-state index in [4.69, 9.17) is 0 Å². The third kappa shape index (κ3) is 3.67. The number of nitrogens with zero attached hydrogens (tertiary/aromatic N) is 7. The highest BCUT2D eigenvalue weighted by atomic mass is 16.3. The number of para-hydroxylation sites is 2. The molecule has 1 aliphatic rings. The molecule has 0 saturated carbocycles. The van der Waals surface area contributed by atoms with Gasteiger partial charge in [0.25, 0.3) is 0 Å². The number of anilines is 1. The number of hydrogen-bond acceptors (Lipinski definition) is 6. The fourth-order valence-electron chi connectivity index (χ4n) is 3.66. The maximum absolute atomic E-state index is 13.0. The highest BCUT2D eigenvalue weighted by Gasteiger charge is 2.27. The lowest BCUT2D eigenvalue weighted by Crippen LogP contribution is -2.50. The third-order valence-electron chi connectivity index (χ3n) is 5.36.